The summed E-state index contributed by atoms with van der Waals surface area (Å²) in [5.74, 6) is 1.26. The van der Waals surface area contributed by atoms with E-state index in [9.17, 15) is 5.11 Å². The number of hydrogen-bond donors (Lipinski definition) is 1. The summed E-state index contributed by atoms with van der Waals surface area (Å²) in [7, 11) is 0. The topological polar surface area (TPSA) is 20.2 Å². The third kappa shape index (κ3) is 1.03. The number of aliphatic hydroxyl groups excluding tert-OH is 1. The maximum Gasteiger partial charge on any atom is 0.0749 e. The molecular weight excluding hydrogens is 148 g/mol. The summed E-state index contributed by atoms with van der Waals surface area (Å²) in [6.07, 6.45) is 7.75. The number of aliphatic hydroxyl groups is 1. The van der Waals surface area contributed by atoms with Crippen molar-refractivity contribution < 1.29 is 5.11 Å². The second kappa shape index (κ2) is 2.59. The summed E-state index contributed by atoms with van der Waals surface area (Å²) < 4.78 is 0. The lowest BCUT2D eigenvalue weighted by Gasteiger charge is -2.48. The Kier molecular flexibility index (Phi) is 1.80. The summed E-state index contributed by atoms with van der Waals surface area (Å²) in [5.41, 5.74) is 0.507. The Bertz CT molecular complexity index is 201. The molecule has 0 heterocycles. The Labute approximate surface area is 74.5 Å². The highest BCUT2D eigenvalue weighted by atomic mass is 16.3. The van der Waals surface area contributed by atoms with Gasteiger partial charge in [0.2, 0.25) is 0 Å². The van der Waals surface area contributed by atoms with E-state index in [4.69, 9.17) is 0 Å². The van der Waals surface area contributed by atoms with E-state index in [0.29, 0.717) is 17.3 Å². The van der Waals surface area contributed by atoms with E-state index in [1.807, 2.05) is 6.08 Å². The first kappa shape index (κ1) is 8.31. The van der Waals surface area contributed by atoms with Crippen LogP contribution in [0.5, 0.6) is 0 Å². The van der Waals surface area contributed by atoms with Crippen LogP contribution in [0.15, 0.2) is 12.2 Å². The van der Waals surface area contributed by atoms with E-state index < -0.39 is 0 Å². The molecule has 2 bridgehead atoms. The number of hydrogen-bond acceptors (Lipinski definition) is 1. The van der Waals surface area contributed by atoms with Crippen molar-refractivity contribution in [2.24, 2.45) is 17.3 Å². The lowest BCUT2D eigenvalue weighted by molar-refractivity contribution is -0.0189. The van der Waals surface area contributed by atoms with Crippen molar-refractivity contribution in [3.8, 4) is 0 Å². The van der Waals surface area contributed by atoms with E-state index in [0.717, 1.165) is 0 Å². The fourth-order valence-corrected chi connectivity index (χ4v) is 2.95. The first-order valence-corrected chi connectivity index (χ1v) is 5.02. The Hall–Kier alpha value is -0.300. The molecule has 3 rings (SSSR count). The van der Waals surface area contributed by atoms with Crippen LogP contribution < -0.4 is 0 Å². The van der Waals surface area contributed by atoms with Gasteiger partial charge in [-0.15, -0.1) is 0 Å². The molecule has 2 atom stereocenters. The van der Waals surface area contributed by atoms with Crippen molar-refractivity contribution in [2.75, 3.05) is 0 Å². The average molecular weight is 166 g/mol. The normalized spacial score (nSPS) is 51.4. The Morgan fingerprint density at radius 3 is 2.67 bits per heavy atom. The van der Waals surface area contributed by atoms with Crippen LogP contribution in [0.1, 0.15) is 33.1 Å². The molecule has 0 amide bonds. The van der Waals surface area contributed by atoms with Gasteiger partial charge in [-0.25, -0.2) is 0 Å². The molecule has 0 radical (unpaired) electrons. The fraction of sp³-hybridized carbons (Fsp3) is 0.818. The standard InChI is InChI=1S/C11H18O/c1-3-9-4-5-10(12)8-6-11(9,2)7-8/h4-5,8-10,12H,3,6-7H2,1-2H3. The molecule has 3 aliphatic carbocycles. The quantitative estimate of drug-likeness (QED) is 0.593. The number of allylic oxidation sites excluding steroid dienone is 1. The zero-order valence-electron chi connectivity index (χ0n) is 7.96. The molecule has 3 aliphatic rings. The largest absolute Gasteiger partial charge is 0.389 e. The molecule has 1 heteroatoms. The maximum absolute atomic E-state index is 9.64. The highest BCUT2D eigenvalue weighted by Crippen LogP contribution is 2.55. The first-order valence-electron chi connectivity index (χ1n) is 5.02. The van der Waals surface area contributed by atoms with E-state index >= 15 is 0 Å². The van der Waals surface area contributed by atoms with Gasteiger partial charge in [-0.2, -0.15) is 0 Å². The van der Waals surface area contributed by atoms with Crippen LogP contribution >= 0.6 is 0 Å². The molecule has 68 valence electrons. The van der Waals surface area contributed by atoms with Gasteiger partial charge in [0.25, 0.3) is 0 Å². The van der Waals surface area contributed by atoms with Gasteiger partial charge < -0.3 is 5.11 Å². The molecule has 0 spiro atoms. The molecule has 1 saturated carbocycles. The first-order chi connectivity index (χ1) is 5.65. The van der Waals surface area contributed by atoms with Crippen LogP contribution in [0.2, 0.25) is 0 Å². The van der Waals surface area contributed by atoms with Crippen LogP contribution in [0.4, 0.5) is 0 Å². The van der Waals surface area contributed by atoms with Crippen LogP contribution in [-0.2, 0) is 0 Å². The number of rotatable bonds is 1. The van der Waals surface area contributed by atoms with Crippen molar-refractivity contribution in [1.29, 1.82) is 0 Å². The van der Waals surface area contributed by atoms with Crippen molar-refractivity contribution >= 4 is 0 Å². The Balaban J connectivity index is 2.19. The number of fused-ring (bicyclic) bond motifs is 2. The van der Waals surface area contributed by atoms with Gasteiger partial charge in [-0.1, -0.05) is 26.0 Å². The van der Waals surface area contributed by atoms with Crippen LogP contribution in [0.25, 0.3) is 0 Å². The minimum Gasteiger partial charge on any atom is -0.389 e. The predicted octanol–water partition coefficient (Wildman–Crippen LogP) is 2.36. The van der Waals surface area contributed by atoms with Gasteiger partial charge in [-0.05, 0) is 36.5 Å². The second-order valence-electron chi connectivity index (χ2n) is 4.71. The van der Waals surface area contributed by atoms with Gasteiger partial charge in [0, 0.05) is 0 Å². The minimum absolute atomic E-state index is 0.158. The summed E-state index contributed by atoms with van der Waals surface area (Å²) >= 11 is 0. The van der Waals surface area contributed by atoms with Crippen LogP contribution in [0.3, 0.4) is 0 Å². The summed E-state index contributed by atoms with van der Waals surface area (Å²) in [6, 6.07) is 0. The van der Waals surface area contributed by atoms with Gasteiger partial charge in [-0.3, -0.25) is 0 Å². The van der Waals surface area contributed by atoms with Crippen molar-refractivity contribution in [3.63, 3.8) is 0 Å². The van der Waals surface area contributed by atoms with E-state index in [-0.39, 0.29) is 6.10 Å². The van der Waals surface area contributed by atoms with Gasteiger partial charge in [0.1, 0.15) is 0 Å². The highest BCUT2D eigenvalue weighted by Gasteiger charge is 2.47. The van der Waals surface area contributed by atoms with Crippen molar-refractivity contribution in [3.05, 3.63) is 12.2 Å². The van der Waals surface area contributed by atoms with E-state index in [1.54, 1.807) is 0 Å². The molecule has 0 saturated heterocycles. The molecule has 1 nitrogen and oxygen atoms in total. The van der Waals surface area contributed by atoms with E-state index in [2.05, 4.69) is 19.9 Å². The third-order valence-electron chi connectivity index (χ3n) is 3.82. The SMILES string of the molecule is CCC1C=CC(O)C2CC1(C)C2. The van der Waals surface area contributed by atoms with Crippen molar-refractivity contribution in [2.45, 2.75) is 39.2 Å². The maximum atomic E-state index is 9.64. The molecule has 2 unspecified atom stereocenters. The highest BCUT2D eigenvalue weighted by molar-refractivity contribution is 5.12. The Morgan fingerprint density at radius 2 is 2.08 bits per heavy atom. The van der Waals surface area contributed by atoms with Gasteiger partial charge in [0.15, 0.2) is 0 Å². The zero-order valence-corrected chi connectivity index (χ0v) is 7.96. The molecule has 0 aliphatic heterocycles. The fourth-order valence-electron chi connectivity index (χ4n) is 2.95. The summed E-state index contributed by atoms with van der Waals surface area (Å²) in [6.45, 7) is 4.60. The smallest absolute Gasteiger partial charge is 0.0749 e. The zero-order chi connectivity index (χ0) is 8.77. The second-order valence-corrected chi connectivity index (χ2v) is 4.71. The van der Waals surface area contributed by atoms with Crippen LogP contribution in [0, 0.1) is 17.3 Å². The van der Waals surface area contributed by atoms with Crippen molar-refractivity contribution in [1.82, 2.24) is 0 Å². The molecule has 0 aromatic carbocycles. The summed E-state index contributed by atoms with van der Waals surface area (Å²) in [5, 5.41) is 9.64. The molecule has 1 fully saturated rings. The summed E-state index contributed by atoms with van der Waals surface area (Å²) in [4.78, 5) is 0. The molecule has 12 heavy (non-hydrogen) atoms. The Morgan fingerprint density at radius 1 is 1.42 bits per heavy atom. The minimum atomic E-state index is -0.158. The lowest BCUT2D eigenvalue weighted by atomic mass is 9.57. The van der Waals surface area contributed by atoms with E-state index in [1.165, 1.54) is 19.3 Å². The molecule has 1 N–H and O–H groups in total. The van der Waals surface area contributed by atoms with Gasteiger partial charge >= 0.3 is 0 Å². The monoisotopic (exact) mass is 166 g/mol. The third-order valence-corrected chi connectivity index (χ3v) is 3.82. The molecule has 0 aromatic heterocycles. The lowest BCUT2D eigenvalue weighted by Crippen LogP contribution is -2.42. The predicted molar refractivity (Wildman–Crippen MR) is 49.8 cm³/mol. The molecule has 0 aromatic rings. The average Bonchev–Trinajstić information content (AvgIpc) is 2.16. The van der Waals surface area contributed by atoms with Gasteiger partial charge in [0.05, 0.1) is 6.10 Å². The molecular formula is C11H18O. The van der Waals surface area contributed by atoms with Crippen LogP contribution in [-0.4, -0.2) is 11.2 Å².